The standard InChI is InChI=1S/C24H31N3O3/c1-26(21-9-4-2-5-10-21)16-8-15-25-24(29)20-13-17-27(18-14-20)23(28)19-30-22-11-6-3-7-12-22/h2-7,9-12,20H,8,13-19H2,1H3,(H,25,29). The third-order valence-electron chi connectivity index (χ3n) is 5.49. The van der Waals surface area contributed by atoms with Crippen molar-refractivity contribution >= 4 is 17.5 Å². The Morgan fingerprint density at radius 3 is 2.33 bits per heavy atom. The number of likely N-dealkylation sites (tertiary alicyclic amines) is 1. The summed E-state index contributed by atoms with van der Waals surface area (Å²) in [5.74, 6) is 0.751. The molecule has 30 heavy (non-hydrogen) atoms. The van der Waals surface area contributed by atoms with Crippen LogP contribution in [0.3, 0.4) is 0 Å². The van der Waals surface area contributed by atoms with Crippen LogP contribution in [0, 0.1) is 5.92 Å². The number of piperidine rings is 1. The molecule has 3 rings (SSSR count). The maximum absolute atomic E-state index is 12.4. The molecule has 1 heterocycles. The zero-order chi connectivity index (χ0) is 21.2. The van der Waals surface area contributed by atoms with Gasteiger partial charge < -0.3 is 19.9 Å². The molecule has 160 valence electrons. The number of para-hydroxylation sites is 2. The van der Waals surface area contributed by atoms with Gasteiger partial charge in [0.15, 0.2) is 6.61 Å². The van der Waals surface area contributed by atoms with Crippen molar-refractivity contribution in [3.8, 4) is 5.75 Å². The van der Waals surface area contributed by atoms with Gasteiger partial charge >= 0.3 is 0 Å². The summed E-state index contributed by atoms with van der Waals surface area (Å²) in [5.41, 5.74) is 1.18. The van der Waals surface area contributed by atoms with Gasteiger partial charge in [-0.1, -0.05) is 36.4 Å². The molecule has 0 bridgehead atoms. The van der Waals surface area contributed by atoms with Crippen molar-refractivity contribution in [3.05, 3.63) is 60.7 Å². The fraction of sp³-hybridized carbons (Fsp3) is 0.417. The number of benzene rings is 2. The molecule has 2 aromatic carbocycles. The van der Waals surface area contributed by atoms with Crippen molar-refractivity contribution < 1.29 is 14.3 Å². The number of carbonyl (C=O) groups excluding carboxylic acids is 2. The molecule has 0 radical (unpaired) electrons. The lowest BCUT2D eigenvalue weighted by Crippen LogP contribution is -2.44. The van der Waals surface area contributed by atoms with E-state index in [9.17, 15) is 9.59 Å². The molecule has 1 saturated heterocycles. The smallest absolute Gasteiger partial charge is 0.260 e. The molecule has 0 aliphatic carbocycles. The monoisotopic (exact) mass is 409 g/mol. The Kier molecular flexibility index (Phi) is 8.12. The molecular formula is C24H31N3O3. The molecule has 1 aliphatic heterocycles. The summed E-state index contributed by atoms with van der Waals surface area (Å²) < 4.78 is 5.54. The Hall–Kier alpha value is -3.02. The SMILES string of the molecule is CN(CCCNC(=O)C1CCN(C(=O)COc2ccccc2)CC1)c1ccccc1. The van der Waals surface area contributed by atoms with Gasteiger partial charge in [0.25, 0.3) is 5.91 Å². The lowest BCUT2D eigenvalue weighted by atomic mass is 9.96. The summed E-state index contributed by atoms with van der Waals surface area (Å²) in [5, 5.41) is 3.06. The summed E-state index contributed by atoms with van der Waals surface area (Å²) >= 11 is 0. The van der Waals surface area contributed by atoms with E-state index in [0.29, 0.717) is 38.2 Å². The van der Waals surface area contributed by atoms with Crippen molar-refractivity contribution in [2.24, 2.45) is 5.92 Å². The minimum absolute atomic E-state index is 0.0176. The number of amides is 2. The summed E-state index contributed by atoms with van der Waals surface area (Å²) in [7, 11) is 2.06. The lowest BCUT2D eigenvalue weighted by molar-refractivity contribution is -0.137. The van der Waals surface area contributed by atoms with Gasteiger partial charge in [-0.15, -0.1) is 0 Å². The zero-order valence-corrected chi connectivity index (χ0v) is 17.6. The van der Waals surface area contributed by atoms with E-state index in [1.807, 2.05) is 48.5 Å². The van der Waals surface area contributed by atoms with Gasteiger partial charge in [-0.2, -0.15) is 0 Å². The zero-order valence-electron chi connectivity index (χ0n) is 17.6. The summed E-state index contributed by atoms with van der Waals surface area (Å²) in [4.78, 5) is 28.8. The molecule has 0 aromatic heterocycles. The van der Waals surface area contributed by atoms with Crippen LogP contribution in [0.5, 0.6) is 5.75 Å². The number of nitrogens with one attached hydrogen (secondary N) is 1. The van der Waals surface area contributed by atoms with Gasteiger partial charge in [0.2, 0.25) is 5.91 Å². The lowest BCUT2D eigenvalue weighted by Gasteiger charge is -2.31. The molecule has 0 unspecified atom stereocenters. The van der Waals surface area contributed by atoms with E-state index in [4.69, 9.17) is 4.74 Å². The average molecular weight is 410 g/mol. The Morgan fingerprint density at radius 1 is 1.03 bits per heavy atom. The quantitative estimate of drug-likeness (QED) is 0.647. The Bertz CT molecular complexity index is 790. The van der Waals surface area contributed by atoms with Crippen molar-refractivity contribution in [2.45, 2.75) is 19.3 Å². The molecule has 2 amide bonds. The van der Waals surface area contributed by atoms with E-state index < -0.39 is 0 Å². The van der Waals surface area contributed by atoms with Crippen LogP contribution in [-0.4, -0.2) is 56.5 Å². The second-order valence-corrected chi connectivity index (χ2v) is 7.66. The maximum Gasteiger partial charge on any atom is 0.260 e. The number of hydrogen-bond acceptors (Lipinski definition) is 4. The van der Waals surface area contributed by atoms with Gasteiger partial charge in [-0.3, -0.25) is 9.59 Å². The van der Waals surface area contributed by atoms with Crippen molar-refractivity contribution in [3.63, 3.8) is 0 Å². The van der Waals surface area contributed by atoms with Crippen LogP contribution < -0.4 is 15.0 Å². The van der Waals surface area contributed by atoms with Gasteiger partial charge in [-0.25, -0.2) is 0 Å². The van der Waals surface area contributed by atoms with Crippen LogP contribution in [0.25, 0.3) is 0 Å². The van der Waals surface area contributed by atoms with Crippen molar-refractivity contribution in [2.75, 3.05) is 44.7 Å². The van der Waals surface area contributed by atoms with E-state index in [-0.39, 0.29) is 24.3 Å². The van der Waals surface area contributed by atoms with Crippen molar-refractivity contribution in [1.82, 2.24) is 10.2 Å². The number of ether oxygens (including phenoxy) is 1. The Balaban J connectivity index is 1.30. The summed E-state index contributed by atoms with van der Waals surface area (Å²) in [6, 6.07) is 19.6. The third-order valence-corrected chi connectivity index (χ3v) is 5.49. The third kappa shape index (κ3) is 6.51. The maximum atomic E-state index is 12.4. The first-order valence-corrected chi connectivity index (χ1v) is 10.6. The predicted octanol–water partition coefficient (Wildman–Crippen LogP) is 2.95. The van der Waals surface area contributed by atoms with E-state index in [0.717, 1.165) is 13.0 Å². The van der Waals surface area contributed by atoms with E-state index >= 15 is 0 Å². The van der Waals surface area contributed by atoms with E-state index in [2.05, 4.69) is 29.4 Å². The minimum atomic E-state index is -0.0262. The number of anilines is 1. The fourth-order valence-electron chi connectivity index (χ4n) is 3.63. The Morgan fingerprint density at radius 2 is 1.67 bits per heavy atom. The Labute approximate surface area is 178 Å². The molecule has 0 atom stereocenters. The molecule has 0 saturated carbocycles. The molecule has 6 nitrogen and oxygen atoms in total. The van der Waals surface area contributed by atoms with Crippen LogP contribution in [0.4, 0.5) is 5.69 Å². The number of carbonyl (C=O) groups is 2. The van der Waals surface area contributed by atoms with E-state index in [1.54, 1.807) is 4.90 Å². The molecule has 2 aromatic rings. The van der Waals surface area contributed by atoms with Crippen molar-refractivity contribution in [1.29, 1.82) is 0 Å². The topological polar surface area (TPSA) is 61.9 Å². The molecular weight excluding hydrogens is 378 g/mol. The average Bonchev–Trinajstić information content (AvgIpc) is 2.81. The second kappa shape index (κ2) is 11.2. The summed E-state index contributed by atoms with van der Waals surface area (Å²) in [6.45, 7) is 2.80. The number of rotatable bonds is 9. The highest BCUT2D eigenvalue weighted by Gasteiger charge is 2.27. The number of nitrogens with zero attached hydrogens (tertiary/aromatic N) is 2. The first kappa shape index (κ1) is 21.7. The van der Waals surface area contributed by atoms with Crippen LogP contribution in [0.1, 0.15) is 19.3 Å². The normalized spacial score (nSPS) is 14.2. The molecule has 1 aliphatic rings. The van der Waals surface area contributed by atoms with Gasteiger partial charge in [0, 0.05) is 44.8 Å². The molecule has 1 fully saturated rings. The first-order chi connectivity index (χ1) is 14.6. The first-order valence-electron chi connectivity index (χ1n) is 10.6. The number of hydrogen-bond donors (Lipinski definition) is 1. The molecule has 0 spiro atoms. The van der Waals surface area contributed by atoms with Crippen LogP contribution in [0.15, 0.2) is 60.7 Å². The van der Waals surface area contributed by atoms with Gasteiger partial charge in [0.1, 0.15) is 5.75 Å². The van der Waals surface area contributed by atoms with Crippen LogP contribution >= 0.6 is 0 Å². The van der Waals surface area contributed by atoms with Gasteiger partial charge in [0.05, 0.1) is 0 Å². The van der Waals surface area contributed by atoms with Crippen LogP contribution in [0.2, 0.25) is 0 Å². The highest BCUT2D eigenvalue weighted by molar-refractivity contribution is 5.80. The fourth-order valence-corrected chi connectivity index (χ4v) is 3.63. The second-order valence-electron chi connectivity index (χ2n) is 7.66. The molecule has 1 N–H and O–H groups in total. The summed E-state index contributed by atoms with van der Waals surface area (Å²) in [6.07, 6.45) is 2.30. The highest BCUT2D eigenvalue weighted by atomic mass is 16.5. The van der Waals surface area contributed by atoms with E-state index in [1.165, 1.54) is 5.69 Å². The van der Waals surface area contributed by atoms with Crippen LogP contribution in [-0.2, 0) is 9.59 Å². The largest absolute Gasteiger partial charge is 0.484 e. The highest BCUT2D eigenvalue weighted by Crippen LogP contribution is 2.18. The minimum Gasteiger partial charge on any atom is -0.484 e. The van der Waals surface area contributed by atoms with Gasteiger partial charge in [-0.05, 0) is 43.5 Å². The predicted molar refractivity (Wildman–Crippen MR) is 119 cm³/mol. The molecule has 6 heteroatoms.